The number of fused-ring (bicyclic) bond motifs is 1. The van der Waals surface area contributed by atoms with Gasteiger partial charge in [0.25, 0.3) is 0 Å². The van der Waals surface area contributed by atoms with Gasteiger partial charge < -0.3 is 10.1 Å². The summed E-state index contributed by atoms with van der Waals surface area (Å²) < 4.78 is 5.69. The van der Waals surface area contributed by atoms with Gasteiger partial charge in [-0.25, -0.2) is 0 Å². The van der Waals surface area contributed by atoms with Gasteiger partial charge >= 0.3 is 0 Å². The van der Waals surface area contributed by atoms with Gasteiger partial charge in [0.05, 0.1) is 11.5 Å². The van der Waals surface area contributed by atoms with Crippen molar-refractivity contribution in [3.8, 4) is 5.75 Å². The molecule has 3 aromatic carbocycles. The number of nitrogens with one attached hydrogen (secondary N) is 1. The van der Waals surface area contributed by atoms with Gasteiger partial charge in [-0.1, -0.05) is 48.0 Å². The topological polar surface area (TPSA) is 38.3 Å². The van der Waals surface area contributed by atoms with E-state index in [1.54, 1.807) is 0 Å². The second-order valence-corrected chi connectivity index (χ2v) is 8.29. The van der Waals surface area contributed by atoms with Gasteiger partial charge in [0.1, 0.15) is 5.75 Å². The lowest BCUT2D eigenvalue weighted by atomic mass is 9.76. The second kappa shape index (κ2) is 7.92. The van der Waals surface area contributed by atoms with Gasteiger partial charge in [0.2, 0.25) is 5.91 Å². The van der Waals surface area contributed by atoms with Crippen LogP contribution in [0.1, 0.15) is 30.5 Å². The molecular weight excluding hydrogens is 382 g/mol. The number of anilines is 1. The Bertz CT molecular complexity index is 985. The standard InChI is InChI=1S/C25H24ClNO2/c1-17(2)29-23-13-11-22(12-14-23)27-24(28)25(20-7-9-21(26)10-8-20)15-18-5-3-4-6-19(18)16-25/h3-14,17H,15-16H2,1-2H3,(H,27,28). The molecule has 0 saturated heterocycles. The third-order valence-electron chi connectivity index (χ3n) is 5.42. The molecule has 0 radical (unpaired) electrons. The minimum Gasteiger partial charge on any atom is -0.491 e. The fourth-order valence-electron chi connectivity index (χ4n) is 4.02. The number of halogens is 1. The van der Waals surface area contributed by atoms with Crippen molar-refractivity contribution in [3.63, 3.8) is 0 Å². The second-order valence-electron chi connectivity index (χ2n) is 7.86. The molecule has 4 heteroatoms. The molecule has 3 aromatic rings. The van der Waals surface area contributed by atoms with Crippen LogP contribution in [-0.4, -0.2) is 12.0 Å². The zero-order chi connectivity index (χ0) is 20.4. The van der Waals surface area contributed by atoms with Crippen LogP contribution in [0.2, 0.25) is 5.02 Å². The van der Waals surface area contributed by atoms with E-state index in [9.17, 15) is 4.79 Å². The van der Waals surface area contributed by atoms with Crippen molar-refractivity contribution < 1.29 is 9.53 Å². The van der Waals surface area contributed by atoms with Crippen molar-refractivity contribution in [3.05, 3.63) is 94.5 Å². The highest BCUT2D eigenvalue weighted by Crippen LogP contribution is 2.41. The lowest BCUT2D eigenvalue weighted by Crippen LogP contribution is -2.41. The maximum Gasteiger partial charge on any atom is 0.235 e. The first-order valence-electron chi connectivity index (χ1n) is 9.87. The minimum atomic E-state index is -0.651. The lowest BCUT2D eigenvalue weighted by molar-refractivity contribution is -0.121. The van der Waals surface area contributed by atoms with Crippen LogP contribution >= 0.6 is 11.6 Å². The van der Waals surface area contributed by atoms with E-state index < -0.39 is 5.41 Å². The van der Waals surface area contributed by atoms with Crippen molar-refractivity contribution in [2.75, 3.05) is 5.32 Å². The maximum atomic E-state index is 13.6. The zero-order valence-corrected chi connectivity index (χ0v) is 17.4. The molecule has 3 nitrogen and oxygen atoms in total. The Balaban J connectivity index is 1.63. The Kier molecular flexibility index (Phi) is 5.33. The fourth-order valence-corrected chi connectivity index (χ4v) is 4.15. The molecule has 4 rings (SSSR count). The first-order valence-corrected chi connectivity index (χ1v) is 10.2. The predicted octanol–water partition coefficient (Wildman–Crippen LogP) is 5.80. The third-order valence-corrected chi connectivity index (χ3v) is 5.67. The number of rotatable bonds is 5. The zero-order valence-electron chi connectivity index (χ0n) is 16.6. The van der Waals surface area contributed by atoms with Gasteiger partial charge in [-0.05, 0) is 79.8 Å². The number of ether oxygens (including phenoxy) is 1. The number of amides is 1. The Labute approximate surface area is 176 Å². The van der Waals surface area contributed by atoms with Crippen molar-refractivity contribution in [1.29, 1.82) is 0 Å². The van der Waals surface area contributed by atoms with E-state index in [0.717, 1.165) is 17.0 Å². The number of benzene rings is 3. The van der Waals surface area contributed by atoms with Crippen molar-refractivity contribution in [2.24, 2.45) is 0 Å². The molecule has 0 spiro atoms. The fraction of sp³-hybridized carbons (Fsp3) is 0.240. The molecule has 0 unspecified atom stereocenters. The van der Waals surface area contributed by atoms with E-state index in [0.29, 0.717) is 17.9 Å². The first kappa shape index (κ1) is 19.5. The highest BCUT2D eigenvalue weighted by Gasteiger charge is 2.45. The van der Waals surface area contributed by atoms with E-state index >= 15 is 0 Å². The van der Waals surface area contributed by atoms with Crippen molar-refractivity contribution >= 4 is 23.2 Å². The molecule has 0 fully saturated rings. The largest absolute Gasteiger partial charge is 0.491 e. The monoisotopic (exact) mass is 405 g/mol. The minimum absolute atomic E-state index is 0.00597. The average Bonchev–Trinajstić information content (AvgIpc) is 3.10. The molecule has 1 N–H and O–H groups in total. The summed E-state index contributed by atoms with van der Waals surface area (Å²) in [6.45, 7) is 3.98. The van der Waals surface area contributed by atoms with Crippen LogP contribution < -0.4 is 10.1 Å². The number of carbonyl (C=O) groups is 1. The van der Waals surface area contributed by atoms with Crippen LogP contribution in [0.25, 0.3) is 0 Å². The number of hydrogen-bond donors (Lipinski definition) is 1. The summed E-state index contributed by atoms with van der Waals surface area (Å²) in [7, 11) is 0. The summed E-state index contributed by atoms with van der Waals surface area (Å²) in [5.74, 6) is 0.784. The van der Waals surface area contributed by atoms with Crippen LogP contribution in [0, 0.1) is 0 Å². The molecule has 0 aliphatic heterocycles. The molecule has 0 saturated carbocycles. The van der Waals surface area contributed by atoms with Gasteiger partial charge in [0, 0.05) is 10.7 Å². The summed E-state index contributed by atoms with van der Waals surface area (Å²) in [6.07, 6.45) is 1.46. The maximum absolute atomic E-state index is 13.6. The average molecular weight is 406 g/mol. The van der Waals surface area contributed by atoms with E-state index in [1.165, 1.54) is 11.1 Å². The molecule has 148 valence electrons. The molecule has 1 aliphatic carbocycles. The highest BCUT2D eigenvalue weighted by atomic mass is 35.5. The van der Waals surface area contributed by atoms with Crippen molar-refractivity contribution in [2.45, 2.75) is 38.2 Å². The molecule has 1 amide bonds. The predicted molar refractivity (Wildman–Crippen MR) is 118 cm³/mol. The Hall–Kier alpha value is -2.78. The Morgan fingerprint density at radius 3 is 2.07 bits per heavy atom. The SMILES string of the molecule is CC(C)Oc1ccc(NC(=O)C2(c3ccc(Cl)cc3)Cc3ccccc3C2)cc1. The lowest BCUT2D eigenvalue weighted by Gasteiger charge is -2.28. The van der Waals surface area contributed by atoms with Crippen LogP contribution in [-0.2, 0) is 23.1 Å². The van der Waals surface area contributed by atoms with E-state index in [2.05, 4.69) is 17.4 Å². The smallest absolute Gasteiger partial charge is 0.235 e. The molecule has 0 heterocycles. The third kappa shape index (κ3) is 4.01. The van der Waals surface area contributed by atoms with Crippen LogP contribution in [0.4, 0.5) is 5.69 Å². The van der Waals surface area contributed by atoms with Crippen molar-refractivity contribution in [1.82, 2.24) is 0 Å². The summed E-state index contributed by atoms with van der Waals surface area (Å²) in [6, 6.07) is 23.4. The summed E-state index contributed by atoms with van der Waals surface area (Å²) in [5.41, 5.74) is 3.53. The quantitative estimate of drug-likeness (QED) is 0.582. The van der Waals surface area contributed by atoms with Crippen LogP contribution in [0.3, 0.4) is 0 Å². The Morgan fingerprint density at radius 1 is 0.931 bits per heavy atom. The molecular formula is C25H24ClNO2. The van der Waals surface area contributed by atoms with E-state index in [4.69, 9.17) is 16.3 Å². The summed E-state index contributed by atoms with van der Waals surface area (Å²) in [5, 5.41) is 3.79. The van der Waals surface area contributed by atoms with Crippen LogP contribution in [0.15, 0.2) is 72.8 Å². The molecule has 0 atom stereocenters. The highest BCUT2D eigenvalue weighted by molar-refractivity contribution is 6.30. The molecule has 0 bridgehead atoms. The van der Waals surface area contributed by atoms with Gasteiger partial charge in [-0.2, -0.15) is 0 Å². The molecule has 29 heavy (non-hydrogen) atoms. The number of carbonyl (C=O) groups excluding carboxylic acids is 1. The molecule has 1 aliphatic rings. The first-order chi connectivity index (χ1) is 14.0. The van der Waals surface area contributed by atoms with Crippen LogP contribution in [0.5, 0.6) is 5.75 Å². The van der Waals surface area contributed by atoms with Gasteiger partial charge in [0.15, 0.2) is 0 Å². The normalized spacial score (nSPS) is 14.5. The Morgan fingerprint density at radius 2 is 1.52 bits per heavy atom. The van der Waals surface area contributed by atoms with E-state index in [-0.39, 0.29) is 12.0 Å². The molecule has 0 aromatic heterocycles. The summed E-state index contributed by atoms with van der Waals surface area (Å²) in [4.78, 5) is 13.6. The van der Waals surface area contributed by atoms with Gasteiger partial charge in [-0.15, -0.1) is 0 Å². The van der Waals surface area contributed by atoms with Gasteiger partial charge in [-0.3, -0.25) is 4.79 Å². The van der Waals surface area contributed by atoms with E-state index in [1.807, 2.05) is 74.5 Å². The number of hydrogen-bond acceptors (Lipinski definition) is 2. The summed E-state index contributed by atoms with van der Waals surface area (Å²) >= 11 is 6.10.